The van der Waals surface area contributed by atoms with Gasteiger partial charge in [0.2, 0.25) is 5.91 Å². The maximum atomic E-state index is 11.3. The Morgan fingerprint density at radius 3 is 2.54 bits per heavy atom. The Bertz CT molecular complexity index is 800. The number of carbonyl (C=O) groups is 1. The lowest BCUT2D eigenvalue weighted by atomic mass is 10.1. The standard InChI is InChI=1S/C22H29N5O/c1-24-22(25-15-17-8-7-11-19(14-17)21(23)28)26-16-20(27-12-5-6-13-27)18-9-3-2-4-10-18/h2-4,7-11,14,20H,5-6,12-13,15-16H2,1H3,(H2,23,28)(H2,24,25,26). The summed E-state index contributed by atoms with van der Waals surface area (Å²) in [5.74, 6) is 0.324. The molecular formula is C22H29N5O. The summed E-state index contributed by atoms with van der Waals surface area (Å²) in [5, 5.41) is 6.78. The third-order valence-electron chi connectivity index (χ3n) is 5.12. The number of aliphatic imine (C=N–C) groups is 1. The summed E-state index contributed by atoms with van der Waals surface area (Å²) < 4.78 is 0. The van der Waals surface area contributed by atoms with Crippen molar-refractivity contribution < 1.29 is 4.79 Å². The molecule has 1 atom stereocenters. The Morgan fingerprint density at radius 1 is 1.11 bits per heavy atom. The SMILES string of the molecule is CN=C(NCc1cccc(C(N)=O)c1)NCC(c1ccccc1)N1CCCC1. The zero-order chi connectivity index (χ0) is 19.8. The highest BCUT2D eigenvalue weighted by molar-refractivity contribution is 5.92. The van der Waals surface area contributed by atoms with Crippen LogP contribution < -0.4 is 16.4 Å². The number of rotatable bonds is 7. The van der Waals surface area contributed by atoms with Crippen LogP contribution in [-0.2, 0) is 6.54 Å². The predicted molar refractivity (Wildman–Crippen MR) is 113 cm³/mol. The van der Waals surface area contributed by atoms with Crippen molar-refractivity contribution in [3.8, 4) is 0 Å². The molecule has 0 saturated carbocycles. The van der Waals surface area contributed by atoms with Gasteiger partial charge >= 0.3 is 0 Å². The van der Waals surface area contributed by atoms with Crippen LogP contribution in [0.4, 0.5) is 0 Å². The summed E-state index contributed by atoms with van der Waals surface area (Å²) in [6.07, 6.45) is 2.51. The van der Waals surface area contributed by atoms with Gasteiger partial charge in [-0.1, -0.05) is 42.5 Å². The van der Waals surface area contributed by atoms with E-state index in [0.717, 1.165) is 31.2 Å². The molecule has 6 nitrogen and oxygen atoms in total. The predicted octanol–water partition coefficient (Wildman–Crippen LogP) is 2.29. The van der Waals surface area contributed by atoms with E-state index in [4.69, 9.17) is 5.73 Å². The first-order valence-corrected chi connectivity index (χ1v) is 9.79. The van der Waals surface area contributed by atoms with E-state index in [9.17, 15) is 4.79 Å². The average molecular weight is 380 g/mol. The highest BCUT2D eigenvalue weighted by Gasteiger charge is 2.23. The Balaban J connectivity index is 1.60. The molecule has 1 amide bonds. The van der Waals surface area contributed by atoms with Crippen LogP contribution in [0.5, 0.6) is 0 Å². The van der Waals surface area contributed by atoms with E-state index in [2.05, 4.69) is 50.9 Å². The molecule has 28 heavy (non-hydrogen) atoms. The smallest absolute Gasteiger partial charge is 0.248 e. The van der Waals surface area contributed by atoms with Crippen LogP contribution in [-0.4, -0.2) is 43.4 Å². The third kappa shape index (κ3) is 5.33. The van der Waals surface area contributed by atoms with E-state index in [0.29, 0.717) is 18.2 Å². The number of primary amides is 1. The minimum Gasteiger partial charge on any atom is -0.366 e. The minimum absolute atomic E-state index is 0.320. The van der Waals surface area contributed by atoms with Crippen LogP contribution in [0.15, 0.2) is 59.6 Å². The fourth-order valence-electron chi connectivity index (χ4n) is 3.62. The van der Waals surface area contributed by atoms with Crippen molar-refractivity contribution in [1.29, 1.82) is 0 Å². The molecule has 1 aliphatic rings. The first kappa shape index (κ1) is 19.9. The van der Waals surface area contributed by atoms with Gasteiger partial charge in [-0.25, -0.2) is 0 Å². The van der Waals surface area contributed by atoms with E-state index >= 15 is 0 Å². The highest BCUT2D eigenvalue weighted by Crippen LogP contribution is 2.24. The van der Waals surface area contributed by atoms with E-state index < -0.39 is 5.91 Å². The Hall–Kier alpha value is -2.86. The van der Waals surface area contributed by atoms with Crippen molar-refractivity contribution in [1.82, 2.24) is 15.5 Å². The van der Waals surface area contributed by atoms with Crippen LogP contribution in [0.1, 0.15) is 40.4 Å². The largest absolute Gasteiger partial charge is 0.366 e. The summed E-state index contributed by atoms with van der Waals surface area (Å²) in [5.41, 5.74) is 8.18. The van der Waals surface area contributed by atoms with Crippen molar-refractivity contribution in [2.75, 3.05) is 26.7 Å². The maximum absolute atomic E-state index is 11.3. The number of amides is 1. The number of nitrogens with one attached hydrogen (secondary N) is 2. The molecule has 0 bridgehead atoms. The van der Waals surface area contributed by atoms with Crippen LogP contribution >= 0.6 is 0 Å². The fraction of sp³-hybridized carbons (Fsp3) is 0.364. The average Bonchev–Trinajstić information content (AvgIpc) is 3.26. The zero-order valence-electron chi connectivity index (χ0n) is 16.4. The number of hydrogen-bond donors (Lipinski definition) is 3. The lowest BCUT2D eigenvalue weighted by molar-refractivity contribution is 0.1000. The van der Waals surface area contributed by atoms with E-state index in [-0.39, 0.29) is 0 Å². The van der Waals surface area contributed by atoms with E-state index in [1.165, 1.54) is 18.4 Å². The molecule has 0 aliphatic carbocycles. The topological polar surface area (TPSA) is 82.7 Å². The number of nitrogens with two attached hydrogens (primary N) is 1. The monoisotopic (exact) mass is 379 g/mol. The van der Waals surface area contributed by atoms with Crippen molar-refractivity contribution in [2.45, 2.75) is 25.4 Å². The molecule has 0 radical (unpaired) electrons. The molecule has 3 rings (SSSR count). The van der Waals surface area contributed by atoms with Gasteiger partial charge in [-0.3, -0.25) is 14.7 Å². The highest BCUT2D eigenvalue weighted by atomic mass is 16.1. The minimum atomic E-state index is -0.416. The third-order valence-corrected chi connectivity index (χ3v) is 5.12. The van der Waals surface area contributed by atoms with Gasteiger partial charge in [-0.05, 0) is 49.2 Å². The van der Waals surface area contributed by atoms with Gasteiger partial charge in [0.05, 0.1) is 6.04 Å². The number of guanidine groups is 1. The van der Waals surface area contributed by atoms with Gasteiger partial charge in [0.1, 0.15) is 0 Å². The number of benzene rings is 2. The molecule has 4 N–H and O–H groups in total. The maximum Gasteiger partial charge on any atom is 0.248 e. The molecule has 6 heteroatoms. The normalized spacial score (nSPS) is 16.0. The van der Waals surface area contributed by atoms with Crippen LogP contribution in [0.25, 0.3) is 0 Å². The van der Waals surface area contributed by atoms with Crippen LogP contribution in [0, 0.1) is 0 Å². The van der Waals surface area contributed by atoms with Crippen molar-refractivity contribution in [2.24, 2.45) is 10.7 Å². The first-order chi connectivity index (χ1) is 13.7. The van der Waals surface area contributed by atoms with Gasteiger partial charge < -0.3 is 16.4 Å². The second-order valence-corrected chi connectivity index (χ2v) is 7.04. The second kappa shape index (κ2) is 9.90. The zero-order valence-corrected chi connectivity index (χ0v) is 16.4. The molecule has 0 aromatic heterocycles. The summed E-state index contributed by atoms with van der Waals surface area (Å²) in [6, 6.07) is 18.3. The summed E-state index contributed by atoms with van der Waals surface area (Å²) in [6.45, 7) is 3.62. The Kier molecular flexibility index (Phi) is 7.03. The molecule has 1 heterocycles. The molecule has 1 saturated heterocycles. The van der Waals surface area contributed by atoms with Crippen LogP contribution in [0.2, 0.25) is 0 Å². The fourth-order valence-corrected chi connectivity index (χ4v) is 3.62. The van der Waals surface area contributed by atoms with Crippen LogP contribution in [0.3, 0.4) is 0 Å². The van der Waals surface area contributed by atoms with E-state index in [1.54, 1.807) is 19.2 Å². The van der Waals surface area contributed by atoms with Crippen molar-refractivity contribution in [3.63, 3.8) is 0 Å². The molecule has 2 aromatic rings. The summed E-state index contributed by atoms with van der Waals surface area (Å²) >= 11 is 0. The molecule has 1 aliphatic heterocycles. The molecule has 1 fully saturated rings. The number of hydrogen-bond acceptors (Lipinski definition) is 3. The van der Waals surface area contributed by atoms with Gasteiger partial charge in [0, 0.05) is 25.7 Å². The van der Waals surface area contributed by atoms with Crippen molar-refractivity contribution >= 4 is 11.9 Å². The number of nitrogens with zero attached hydrogens (tertiary/aromatic N) is 2. The molecule has 0 spiro atoms. The van der Waals surface area contributed by atoms with E-state index in [1.807, 2.05) is 12.1 Å². The number of likely N-dealkylation sites (tertiary alicyclic amines) is 1. The first-order valence-electron chi connectivity index (χ1n) is 9.79. The molecule has 148 valence electrons. The quantitative estimate of drug-likeness (QED) is 0.509. The van der Waals surface area contributed by atoms with Gasteiger partial charge in [0.25, 0.3) is 0 Å². The molecule has 1 unspecified atom stereocenters. The van der Waals surface area contributed by atoms with Gasteiger partial charge in [-0.2, -0.15) is 0 Å². The Morgan fingerprint density at radius 2 is 1.86 bits per heavy atom. The van der Waals surface area contributed by atoms with Gasteiger partial charge in [-0.15, -0.1) is 0 Å². The summed E-state index contributed by atoms with van der Waals surface area (Å²) in [7, 11) is 1.77. The lowest BCUT2D eigenvalue weighted by Gasteiger charge is -2.29. The van der Waals surface area contributed by atoms with Gasteiger partial charge in [0.15, 0.2) is 5.96 Å². The summed E-state index contributed by atoms with van der Waals surface area (Å²) in [4.78, 5) is 18.2. The molecule has 2 aromatic carbocycles. The van der Waals surface area contributed by atoms with Crippen molar-refractivity contribution in [3.05, 3.63) is 71.3 Å². The second-order valence-electron chi connectivity index (χ2n) is 7.04. The lowest BCUT2D eigenvalue weighted by Crippen LogP contribution is -2.42. The Labute approximate surface area is 166 Å². The molecular weight excluding hydrogens is 350 g/mol. The number of carbonyl (C=O) groups excluding carboxylic acids is 1.